The largest absolute Gasteiger partial charge is 0.393 e. The summed E-state index contributed by atoms with van der Waals surface area (Å²) >= 11 is 0. The Balaban J connectivity index is 1.72. The average molecular weight is 384 g/mol. The Kier molecular flexibility index (Phi) is 5.97. The highest BCUT2D eigenvalue weighted by molar-refractivity contribution is 5.91. The first-order valence-electron chi connectivity index (χ1n) is 10.9. The van der Waals surface area contributed by atoms with Crippen molar-refractivity contribution in [3.63, 3.8) is 0 Å². The minimum Gasteiger partial charge on any atom is -0.393 e. The van der Waals surface area contributed by atoms with Crippen LogP contribution in [0.3, 0.4) is 0 Å². The molecule has 0 unspecified atom stereocenters. The molecule has 2 aromatic rings. The van der Waals surface area contributed by atoms with Crippen LogP contribution in [-0.4, -0.2) is 44.9 Å². The van der Waals surface area contributed by atoms with Crippen molar-refractivity contribution in [2.45, 2.75) is 77.0 Å². The summed E-state index contributed by atoms with van der Waals surface area (Å²) < 4.78 is 2.36. The van der Waals surface area contributed by atoms with Gasteiger partial charge in [0.15, 0.2) is 0 Å². The minimum atomic E-state index is -0.147. The number of aliphatic hydroxyl groups excluding tert-OH is 1. The summed E-state index contributed by atoms with van der Waals surface area (Å²) in [5.74, 6) is 0.717. The first-order valence-corrected chi connectivity index (χ1v) is 10.9. The normalized spacial score (nSPS) is 24.2. The summed E-state index contributed by atoms with van der Waals surface area (Å²) in [4.78, 5) is 9.58. The number of hydrogen-bond acceptors (Lipinski definition) is 5. The van der Waals surface area contributed by atoms with Crippen molar-refractivity contribution < 1.29 is 5.11 Å². The van der Waals surface area contributed by atoms with Gasteiger partial charge in [0.05, 0.1) is 6.10 Å². The molecule has 0 amide bonds. The van der Waals surface area contributed by atoms with Gasteiger partial charge in [0, 0.05) is 42.0 Å². The Morgan fingerprint density at radius 2 is 2.14 bits per heavy atom. The first kappa shape index (κ1) is 19.4. The number of fused-ring (bicyclic) bond motifs is 1. The summed E-state index contributed by atoms with van der Waals surface area (Å²) in [7, 11) is 0. The number of nitrogens with one attached hydrogen (secondary N) is 2. The predicted molar refractivity (Wildman–Crippen MR) is 114 cm³/mol. The zero-order valence-electron chi connectivity index (χ0n) is 17.1. The zero-order chi connectivity index (χ0) is 19.5. The summed E-state index contributed by atoms with van der Waals surface area (Å²) in [6.45, 7) is 6.32. The van der Waals surface area contributed by atoms with Gasteiger partial charge >= 0.3 is 0 Å². The second-order valence-electron chi connectivity index (χ2n) is 8.36. The van der Waals surface area contributed by atoms with Gasteiger partial charge in [0.25, 0.3) is 0 Å². The molecule has 1 aliphatic heterocycles. The van der Waals surface area contributed by atoms with Crippen molar-refractivity contribution in [3.8, 4) is 0 Å². The summed E-state index contributed by atoms with van der Waals surface area (Å²) in [6, 6.07) is 0.764. The Morgan fingerprint density at radius 1 is 1.32 bits per heavy atom. The van der Waals surface area contributed by atoms with E-state index >= 15 is 0 Å². The standard InChI is InChI=1S/C22H33N5O/c1-3-4-15(2)25-22-24-13-19-20(16-9-11-23-12-10-16)14-27(21(19)26-22)17-5-7-18(28)8-6-17/h9,13-15,17-18,23,28H,3-8,10-12H2,1-2H3,(H,24,25,26)/t15-,17-,18-/m0/s1. The second kappa shape index (κ2) is 8.62. The van der Waals surface area contributed by atoms with Crippen molar-refractivity contribution in [2.75, 3.05) is 18.4 Å². The lowest BCUT2D eigenvalue weighted by atomic mass is 9.93. The maximum Gasteiger partial charge on any atom is 0.224 e. The third kappa shape index (κ3) is 4.08. The maximum absolute atomic E-state index is 9.93. The summed E-state index contributed by atoms with van der Waals surface area (Å²) in [5.41, 5.74) is 3.69. The number of anilines is 1. The Labute approximate surface area is 167 Å². The molecule has 152 valence electrons. The van der Waals surface area contributed by atoms with Crippen molar-refractivity contribution in [1.29, 1.82) is 0 Å². The van der Waals surface area contributed by atoms with Crippen molar-refractivity contribution >= 4 is 22.6 Å². The number of rotatable bonds is 6. The molecule has 1 saturated carbocycles. The van der Waals surface area contributed by atoms with E-state index in [1.54, 1.807) is 0 Å². The van der Waals surface area contributed by atoms with Crippen LogP contribution >= 0.6 is 0 Å². The number of nitrogens with zero attached hydrogens (tertiary/aromatic N) is 3. The zero-order valence-corrected chi connectivity index (χ0v) is 17.1. The van der Waals surface area contributed by atoms with E-state index in [4.69, 9.17) is 4.98 Å². The number of aliphatic hydroxyl groups is 1. The molecule has 0 radical (unpaired) electrons. The van der Waals surface area contributed by atoms with Crippen LogP contribution in [-0.2, 0) is 0 Å². The highest BCUT2D eigenvalue weighted by atomic mass is 16.3. The molecule has 3 N–H and O–H groups in total. The van der Waals surface area contributed by atoms with E-state index < -0.39 is 0 Å². The molecule has 0 bridgehead atoms. The third-order valence-corrected chi connectivity index (χ3v) is 6.14. The van der Waals surface area contributed by atoms with E-state index in [0.29, 0.717) is 12.1 Å². The highest BCUT2D eigenvalue weighted by Gasteiger charge is 2.25. The van der Waals surface area contributed by atoms with Gasteiger partial charge < -0.3 is 20.3 Å². The van der Waals surface area contributed by atoms with Crippen molar-refractivity contribution in [1.82, 2.24) is 19.9 Å². The lowest BCUT2D eigenvalue weighted by Crippen LogP contribution is -2.21. The molecular formula is C22H33N5O. The van der Waals surface area contributed by atoms with Gasteiger partial charge in [-0.25, -0.2) is 4.98 Å². The first-order chi connectivity index (χ1) is 13.7. The molecule has 28 heavy (non-hydrogen) atoms. The quantitative estimate of drug-likeness (QED) is 0.706. The van der Waals surface area contributed by atoms with Gasteiger partial charge in [-0.3, -0.25) is 0 Å². The van der Waals surface area contributed by atoms with Crippen LogP contribution in [0.4, 0.5) is 5.95 Å². The summed E-state index contributed by atoms with van der Waals surface area (Å²) in [5, 5.41) is 17.9. The fourth-order valence-electron chi connectivity index (χ4n) is 4.56. The van der Waals surface area contributed by atoms with E-state index in [2.05, 4.69) is 46.3 Å². The van der Waals surface area contributed by atoms with Crippen molar-refractivity contribution in [3.05, 3.63) is 24.0 Å². The number of hydrogen-bond donors (Lipinski definition) is 3. The van der Waals surface area contributed by atoms with Gasteiger partial charge in [-0.1, -0.05) is 19.4 Å². The molecular weight excluding hydrogens is 350 g/mol. The molecule has 3 heterocycles. The Morgan fingerprint density at radius 3 is 2.86 bits per heavy atom. The van der Waals surface area contributed by atoms with E-state index in [-0.39, 0.29) is 6.10 Å². The topological polar surface area (TPSA) is 75.0 Å². The molecule has 0 saturated heterocycles. The van der Waals surface area contributed by atoms with E-state index in [1.807, 2.05) is 6.20 Å². The second-order valence-corrected chi connectivity index (χ2v) is 8.36. The third-order valence-electron chi connectivity index (χ3n) is 6.14. The molecule has 1 atom stereocenters. The molecule has 1 aliphatic carbocycles. The van der Waals surface area contributed by atoms with Crippen LogP contribution < -0.4 is 10.6 Å². The molecule has 0 aromatic carbocycles. The van der Waals surface area contributed by atoms with Crippen LogP contribution in [0.15, 0.2) is 18.5 Å². The fourth-order valence-corrected chi connectivity index (χ4v) is 4.56. The van der Waals surface area contributed by atoms with E-state index in [1.165, 1.54) is 11.1 Å². The van der Waals surface area contributed by atoms with Gasteiger partial charge in [-0.05, 0) is 57.6 Å². The average Bonchev–Trinajstić information content (AvgIpc) is 3.08. The summed E-state index contributed by atoms with van der Waals surface area (Å²) in [6.07, 6.45) is 13.5. The Bertz CT molecular complexity index is 835. The van der Waals surface area contributed by atoms with Crippen LogP contribution in [0.2, 0.25) is 0 Å². The van der Waals surface area contributed by atoms with Crippen molar-refractivity contribution in [2.24, 2.45) is 0 Å². The van der Waals surface area contributed by atoms with Gasteiger partial charge in [0.2, 0.25) is 5.95 Å². The van der Waals surface area contributed by atoms with Gasteiger partial charge in [-0.15, -0.1) is 0 Å². The lowest BCUT2D eigenvalue weighted by molar-refractivity contribution is 0.111. The van der Waals surface area contributed by atoms with Crippen LogP contribution in [0.1, 0.15) is 70.4 Å². The maximum atomic E-state index is 9.93. The predicted octanol–water partition coefficient (Wildman–Crippen LogP) is 3.88. The van der Waals surface area contributed by atoms with Gasteiger partial charge in [0.1, 0.15) is 5.65 Å². The molecule has 1 fully saturated rings. The van der Waals surface area contributed by atoms with E-state index in [9.17, 15) is 5.11 Å². The van der Waals surface area contributed by atoms with Crippen LogP contribution in [0.25, 0.3) is 16.6 Å². The monoisotopic (exact) mass is 383 g/mol. The van der Waals surface area contributed by atoms with Crippen LogP contribution in [0.5, 0.6) is 0 Å². The highest BCUT2D eigenvalue weighted by Crippen LogP contribution is 2.36. The lowest BCUT2D eigenvalue weighted by Gasteiger charge is -2.27. The smallest absolute Gasteiger partial charge is 0.224 e. The molecule has 2 aromatic heterocycles. The molecule has 6 heteroatoms. The molecule has 0 spiro atoms. The fraction of sp³-hybridized carbons (Fsp3) is 0.636. The van der Waals surface area contributed by atoms with E-state index in [0.717, 1.165) is 75.0 Å². The Hall–Kier alpha value is -1.92. The van der Waals surface area contributed by atoms with Crippen LogP contribution in [0, 0.1) is 0 Å². The SMILES string of the molecule is CCC[C@H](C)Nc1ncc2c(C3=CCNCC3)cn([C@H]3CC[C@H](O)CC3)c2n1. The molecule has 4 rings (SSSR count). The minimum absolute atomic E-state index is 0.147. The number of aromatic nitrogens is 3. The van der Waals surface area contributed by atoms with Gasteiger partial charge in [-0.2, -0.15) is 4.98 Å². The molecule has 6 nitrogen and oxygen atoms in total. The molecule has 2 aliphatic rings.